The summed E-state index contributed by atoms with van der Waals surface area (Å²) in [4.78, 5) is 0.281. The van der Waals surface area contributed by atoms with Gasteiger partial charge in [-0.3, -0.25) is 4.68 Å². The van der Waals surface area contributed by atoms with Crippen LogP contribution in [0.1, 0.15) is 13.3 Å². The molecule has 1 aromatic carbocycles. The fourth-order valence-electron chi connectivity index (χ4n) is 1.92. The van der Waals surface area contributed by atoms with Crippen molar-refractivity contribution < 1.29 is 8.42 Å². The molecule has 0 aliphatic rings. The van der Waals surface area contributed by atoms with Crippen LogP contribution in [0.25, 0.3) is 0 Å². The molecular formula is C14H20N4O2S. The van der Waals surface area contributed by atoms with Gasteiger partial charge >= 0.3 is 0 Å². The number of aromatic nitrogens is 2. The maximum absolute atomic E-state index is 12.1. The van der Waals surface area contributed by atoms with Crippen LogP contribution >= 0.6 is 0 Å². The molecule has 0 fully saturated rings. The Hall–Kier alpha value is -1.86. The van der Waals surface area contributed by atoms with E-state index in [1.165, 1.54) is 0 Å². The number of anilines is 1. The van der Waals surface area contributed by atoms with E-state index in [-0.39, 0.29) is 4.90 Å². The van der Waals surface area contributed by atoms with Crippen LogP contribution in [0.15, 0.2) is 47.6 Å². The smallest absolute Gasteiger partial charge is 0.240 e. The lowest BCUT2D eigenvalue weighted by atomic mass is 10.3. The summed E-state index contributed by atoms with van der Waals surface area (Å²) in [6, 6.07) is 8.58. The molecule has 114 valence electrons. The first-order valence-electron chi connectivity index (χ1n) is 6.93. The molecule has 2 aromatic rings. The van der Waals surface area contributed by atoms with Crippen LogP contribution in [0, 0.1) is 0 Å². The van der Waals surface area contributed by atoms with Crippen LogP contribution in [0.3, 0.4) is 0 Å². The van der Waals surface area contributed by atoms with Gasteiger partial charge in [0.05, 0.1) is 4.90 Å². The van der Waals surface area contributed by atoms with Crippen molar-refractivity contribution in [3.63, 3.8) is 0 Å². The van der Waals surface area contributed by atoms with Gasteiger partial charge in [-0.1, -0.05) is 0 Å². The first-order chi connectivity index (χ1) is 10.1. The van der Waals surface area contributed by atoms with Crippen LogP contribution in [0.4, 0.5) is 5.69 Å². The van der Waals surface area contributed by atoms with E-state index in [9.17, 15) is 8.42 Å². The lowest BCUT2D eigenvalue weighted by Gasteiger charge is -2.08. The zero-order valence-electron chi connectivity index (χ0n) is 12.0. The summed E-state index contributed by atoms with van der Waals surface area (Å²) in [6.45, 7) is 3.87. The van der Waals surface area contributed by atoms with E-state index in [0.717, 1.165) is 12.2 Å². The summed E-state index contributed by atoms with van der Waals surface area (Å²) >= 11 is 0. The van der Waals surface area contributed by atoms with Gasteiger partial charge in [-0.2, -0.15) is 5.10 Å². The third-order valence-corrected chi connectivity index (χ3v) is 4.44. The molecule has 2 rings (SSSR count). The van der Waals surface area contributed by atoms with Gasteiger partial charge in [0.15, 0.2) is 0 Å². The zero-order valence-corrected chi connectivity index (χ0v) is 12.8. The van der Waals surface area contributed by atoms with Crippen LogP contribution in [-0.4, -0.2) is 31.3 Å². The van der Waals surface area contributed by atoms with Gasteiger partial charge in [0.1, 0.15) is 0 Å². The van der Waals surface area contributed by atoms with Gasteiger partial charge in [-0.05, 0) is 43.7 Å². The molecule has 0 unspecified atom stereocenters. The highest BCUT2D eigenvalue weighted by Crippen LogP contribution is 2.13. The first kappa shape index (κ1) is 15.5. The maximum Gasteiger partial charge on any atom is 0.240 e. The topological polar surface area (TPSA) is 76.0 Å². The second-order valence-corrected chi connectivity index (χ2v) is 6.34. The largest absolute Gasteiger partial charge is 0.385 e. The quantitative estimate of drug-likeness (QED) is 0.728. The van der Waals surface area contributed by atoms with Crippen molar-refractivity contribution in [3.05, 3.63) is 42.7 Å². The van der Waals surface area contributed by atoms with Gasteiger partial charge in [0.25, 0.3) is 0 Å². The standard InChI is InChI=1S/C14H20N4O2S/c1-2-15-13-5-7-14(8-6-13)21(19,20)17-10-4-12-18-11-3-9-16-18/h3,5-9,11,15,17H,2,4,10,12H2,1H3. The minimum absolute atomic E-state index is 0.281. The lowest BCUT2D eigenvalue weighted by molar-refractivity contribution is 0.553. The number of nitrogens with one attached hydrogen (secondary N) is 2. The normalized spacial score (nSPS) is 11.5. The van der Waals surface area contributed by atoms with Gasteiger partial charge in [0.2, 0.25) is 10.0 Å². The van der Waals surface area contributed by atoms with Crippen molar-refractivity contribution in [2.75, 3.05) is 18.4 Å². The van der Waals surface area contributed by atoms with Crippen molar-refractivity contribution in [1.82, 2.24) is 14.5 Å². The fourth-order valence-corrected chi connectivity index (χ4v) is 2.99. The number of hydrogen-bond acceptors (Lipinski definition) is 4. The Bertz CT molecular complexity index is 636. The molecule has 0 amide bonds. The predicted molar refractivity (Wildman–Crippen MR) is 82.6 cm³/mol. The third-order valence-electron chi connectivity index (χ3n) is 2.96. The van der Waals surface area contributed by atoms with Gasteiger partial charge in [0, 0.05) is 37.7 Å². The van der Waals surface area contributed by atoms with Crippen molar-refractivity contribution in [1.29, 1.82) is 0 Å². The van der Waals surface area contributed by atoms with E-state index in [2.05, 4.69) is 15.1 Å². The number of aryl methyl sites for hydroxylation is 1. The van der Waals surface area contributed by atoms with Gasteiger partial charge < -0.3 is 5.32 Å². The van der Waals surface area contributed by atoms with E-state index in [1.807, 2.05) is 19.2 Å². The van der Waals surface area contributed by atoms with E-state index >= 15 is 0 Å². The molecule has 0 aliphatic heterocycles. The molecule has 0 radical (unpaired) electrons. The third kappa shape index (κ3) is 4.57. The summed E-state index contributed by atoms with van der Waals surface area (Å²) in [5.41, 5.74) is 0.912. The van der Waals surface area contributed by atoms with Gasteiger partial charge in [-0.25, -0.2) is 13.1 Å². The minimum atomic E-state index is -3.44. The molecule has 1 heterocycles. The predicted octanol–water partition coefficient (Wildman–Crippen LogP) is 1.68. The molecule has 0 aliphatic carbocycles. The molecule has 0 saturated heterocycles. The number of benzene rings is 1. The van der Waals surface area contributed by atoms with Gasteiger partial charge in [-0.15, -0.1) is 0 Å². The molecule has 0 saturated carbocycles. The van der Waals surface area contributed by atoms with Crippen molar-refractivity contribution in [3.8, 4) is 0 Å². The molecule has 0 bridgehead atoms. The summed E-state index contributed by atoms with van der Waals surface area (Å²) in [6.07, 6.45) is 4.25. The Kier molecular flexibility index (Phi) is 5.35. The van der Waals surface area contributed by atoms with E-state index in [4.69, 9.17) is 0 Å². The molecule has 2 N–H and O–H groups in total. The SMILES string of the molecule is CCNc1ccc(S(=O)(=O)NCCCn2cccn2)cc1. The Labute approximate surface area is 125 Å². The molecule has 21 heavy (non-hydrogen) atoms. The Morgan fingerprint density at radius 3 is 2.62 bits per heavy atom. The van der Waals surface area contributed by atoms with Crippen LogP contribution in [-0.2, 0) is 16.6 Å². The Morgan fingerprint density at radius 1 is 1.24 bits per heavy atom. The maximum atomic E-state index is 12.1. The Balaban J connectivity index is 1.85. The molecular weight excluding hydrogens is 288 g/mol. The average molecular weight is 308 g/mol. The summed E-state index contributed by atoms with van der Waals surface area (Å²) in [5.74, 6) is 0. The second-order valence-electron chi connectivity index (χ2n) is 4.58. The monoisotopic (exact) mass is 308 g/mol. The highest BCUT2D eigenvalue weighted by molar-refractivity contribution is 7.89. The van der Waals surface area contributed by atoms with Crippen LogP contribution in [0.2, 0.25) is 0 Å². The van der Waals surface area contributed by atoms with Crippen molar-refractivity contribution in [2.45, 2.75) is 24.8 Å². The first-order valence-corrected chi connectivity index (χ1v) is 8.41. The van der Waals surface area contributed by atoms with E-state index < -0.39 is 10.0 Å². The number of rotatable bonds is 8. The molecule has 0 spiro atoms. The van der Waals surface area contributed by atoms with E-state index in [1.54, 1.807) is 35.1 Å². The molecule has 0 atom stereocenters. The molecule has 1 aromatic heterocycles. The average Bonchev–Trinajstić information content (AvgIpc) is 2.98. The zero-order chi connectivity index (χ0) is 15.1. The number of sulfonamides is 1. The number of hydrogen-bond donors (Lipinski definition) is 2. The van der Waals surface area contributed by atoms with Crippen molar-refractivity contribution in [2.24, 2.45) is 0 Å². The van der Waals surface area contributed by atoms with E-state index in [0.29, 0.717) is 19.5 Å². The highest BCUT2D eigenvalue weighted by atomic mass is 32.2. The lowest BCUT2D eigenvalue weighted by Crippen LogP contribution is -2.25. The van der Waals surface area contributed by atoms with Crippen LogP contribution < -0.4 is 10.0 Å². The molecule has 6 nitrogen and oxygen atoms in total. The van der Waals surface area contributed by atoms with Crippen LogP contribution in [0.5, 0.6) is 0 Å². The second kappa shape index (κ2) is 7.24. The molecule has 7 heteroatoms. The summed E-state index contributed by atoms with van der Waals surface area (Å²) < 4.78 is 28.6. The highest BCUT2D eigenvalue weighted by Gasteiger charge is 2.12. The summed E-state index contributed by atoms with van der Waals surface area (Å²) in [7, 11) is -3.44. The Morgan fingerprint density at radius 2 is 2.00 bits per heavy atom. The minimum Gasteiger partial charge on any atom is -0.385 e. The van der Waals surface area contributed by atoms with Crippen molar-refractivity contribution >= 4 is 15.7 Å². The fraction of sp³-hybridized carbons (Fsp3) is 0.357. The number of nitrogens with zero attached hydrogens (tertiary/aromatic N) is 2. The summed E-state index contributed by atoms with van der Waals surface area (Å²) in [5, 5.41) is 7.20.